The maximum Gasteiger partial charge on any atom is 0.152 e. The zero-order chi connectivity index (χ0) is 13.0. The van der Waals surface area contributed by atoms with Gasteiger partial charge in [0.25, 0.3) is 0 Å². The van der Waals surface area contributed by atoms with E-state index in [1.807, 2.05) is 0 Å². The molecule has 96 valence electrons. The van der Waals surface area contributed by atoms with Gasteiger partial charge in [0.2, 0.25) is 0 Å². The zero-order valence-corrected chi connectivity index (χ0v) is 10.4. The van der Waals surface area contributed by atoms with Crippen molar-refractivity contribution >= 4 is 12.0 Å². The van der Waals surface area contributed by atoms with Crippen molar-refractivity contribution in [2.24, 2.45) is 0 Å². The van der Waals surface area contributed by atoms with E-state index in [1.54, 1.807) is 13.2 Å². The van der Waals surface area contributed by atoms with Gasteiger partial charge in [-0.15, -0.1) is 0 Å². The number of methoxy groups -OCH3 is 1. The van der Waals surface area contributed by atoms with Crippen LogP contribution >= 0.6 is 0 Å². The van der Waals surface area contributed by atoms with Gasteiger partial charge >= 0.3 is 0 Å². The van der Waals surface area contributed by atoms with E-state index in [0.717, 1.165) is 25.2 Å². The third-order valence-electron chi connectivity index (χ3n) is 3.09. The predicted octanol–water partition coefficient (Wildman–Crippen LogP) is 2.42. The Balaban J connectivity index is 2.16. The van der Waals surface area contributed by atoms with E-state index in [1.165, 1.54) is 17.7 Å². The smallest absolute Gasteiger partial charge is 0.152 e. The van der Waals surface area contributed by atoms with Gasteiger partial charge in [-0.25, -0.2) is 4.39 Å². The molecule has 0 aliphatic carbocycles. The van der Waals surface area contributed by atoms with Crippen molar-refractivity contribution in [3.8, 4) is 0 Å². The molecule has 0 aromatic heterocycles. The van der Waals surface area contributed by atoms with Crippen LogP contribution in [-0.4, -0.2) is 33.1 Å². The standard InChI is InChI=1S/C14H16FNO2/c1-18-10-11-4-6-16(7-5-11)14-3-2-13(15)8-12(14)9-17/h2-4,8-9H,5-7,10H2,1H3. The Morgan fingerprint density at radius 1 is 1.50 bits per heavy atom. The van der Waals surface area contributed by atoms with Crippen molar-refractivity contribution in [1.82, 2.24) is 0 Å². The number of aldehydes is 1. The van der Waals surface area contributed by atoms with Gasteiger partial charge in [-0.05, 0) is 30.2 Å². The normalized spacial score (nSPS) is 15.4. The van der Waals surface area contributed by atoms with Crippen molar-refractivity contribution in [3.05, 3.63) is 41.2 Å². The highest BCUT2D eigenvalue weighted by atomic mass is 19.1. The molecule has 0 N–H and O–H groups in total. The molecule has 1 heterocycles. The molecule has 1 aliphatic heterocycles. The average molecular weight is 249 g/mol. The third kappa shape index (κ3) is 2.76. The van der Waals surface area contributed by atoms with Crippen LogP contribution < -0.4 is 4.90 Å². The summed E-state index contributed by atoms with van der Waals surface area (Å²) in [5.74, 6) is -0.381. The summed E-state index contributed by atoms with van der Waals surface area (Å²) in [4.78, 5) is 13.0. The summed E-state index contributed by atoms with van der Waals surface area (Å²) in [5.41, 5.74) is 2.46. The Morgan fingerprint density at radius 2 is 2.33 bits per heavy atom. The van der Waals surface area contributed by atoms with Crippen LogP contribution in [0.2, 0.25) is 0 Å². The SMILES string of the molecule is COCC1=CCN(c2ccc(F)cc2C=O)CC1. The monoisotopic (exact) mass is 249 g/mol. The molecular formula is C14H16FNO2. The Morgan fingerprint density at radius 3 is 2.94 bits per heavy atom. The van der Waals surface area contributed by atoms with Gasteiger partial charge in [-0.1, -0.05) is 6.08 Å². The summed E-state index contributed by atoms with van der Waals surface area (Å²) in [7, 11) is 1.68. The fourth-order valence-electron chi connectivity index (χ4n) is 2.15. The number of rotatable bonds is 4. The second-order valence-corrected chi connectivity index (χ2v) is 4.31. The highest BCUT2D eigenvalue weighted by Crippen LogP contribution is 2.23. The van der Waals surface area contributed by atoms with E-state index in [2.05, 4.69) is 11.0 Å². The van der Waals surface area contributed by atoms with Crippen LogP contribution in [0.3, 0.4) is 0 Å². The van der Waals surface area contributed by atoms with Crippen LogP contribution in [0.5, 0.6) is 0 Å². The molecule has 0 saturated heterocycles. The maximum atomic E-state index is 13.1. The number of hydrogen-bond donors (Lipinski definition) is 0. The molecule has 18 heavy (non-hydrogen) atoms. The highest BCUT2D eigenvalue weighted by Gasteiger charge is 2.15. The highest BCUT2D eigenvalue weighted by molar-refractivity contribution is 5.84. The lowest BCUT2D eigenvalue weighted by Crippen LogP contribution is -2.30. The number of ether oxygens (including phenoxy) is 1. The van der Waals surface area contributed by atoms with E-state index in [0.29, 0.717) is 18.5 Å². The van der Waals surface area contributed by atoms with Crippen molar-refractivity contribution in [2.75, 3.05) is 31.7 Å². The summed E-state index contributed by atoms with van der Waals surface area (Å²) in [6, 6.07) is 4.32. The van der Waals surface area contributed by atoms with Gasteiger partial charge in [-0.3, -0.25) is 4.79 Å². The minimum Gasteiger partial charge on any atom is -0.380 e. The molecule has 1 aliphatic rings. The third-order valence-corrected chi connectivity index (χ3v) is 3.09. The lowest BCUT2D eigenvalue weighted by atomic mass is 10.1. The van der Waals surface area contributed by atoms with Crippen molar-refractivity contribution in [3.63, 3.8) is 0 Å². The molecule has 0 bridgehead atoms. The van der Waals surface area contributed by atoms with Crippen LogP contribution in [0.1, 0.15) is 16.8 Å². The van der Waals surface area contributed by atoms with E-state index in [-0.39, 0.29) is 5.82 Å². The first-order valence-corrected chi connectivity index (χ1v) is 5.91. The van der Waals surface area contributed by atoms with Crippen molar-refractivity contribution in [2.45, 2.75) is 6.42 Å². The lowest BCUT2D eigenvalue weighted by molar-refractivity contribution is 0.112. The Kier molecular flexibility index (Phi) is 4.10. The molecule has 0 unspecified atom stereocenters. The quantitative estimate of drug-likeness (QED) is 0.606. The molecule has 1 aromatic carbocycles. The van der Waals surface area contributed by atoms with Gasteiger partial charge in [0, 0.05) is 31.5 Å². The topological polar surface area (TPSA) is 29.5 Å². The van der Waals surface area contributed by atoms with Gasteiger partial charge in [-0.2, -0.15) is 0 Å². The predicted molar refractivity (Wildman–Crippen MR) is 68.6 cm³/mol. The first-order chi connectivity index (χ1) is 8.74. The summed E-state index contributed by atoms with van der Waals surface area (Å²) in [6.45, 7) is 2.20. The van der Waals surface area contributed by atoms with Gasteiger partial charge in [0.15, 0.2) is 6.29 Å². The van der Waals surface area contributed by atoms with Gasteiger partial charge in [0.1, 0.15) is 5.82 Å². The zero-order valence-electron chi connectivity index (χ0n) is 10.4. The van der Waals surface area contributed by atoms with Crippen LogP contribution in [0.25, 0.3) is 0 Å². The van der Waals surface area contributed by atoms with Crippen LogP contribution in [0.15, 0.2) is 29.8 Å². The van der Waals surface area contributed by atoms with E-state index in [4.69, 9.17) is 4.74 Å². The van der Waals surface area contributed by atoms with E-state index >= 15 is 0 Å². The Bertz CT molecular complexity index is 471. The summed E-state index contributed by atoms with van der Waals surface area (Å²) < 4.78 is 18.1. The molecule has 0 spiro atoms. The molecule has 2 rings (SSSR count). The van der Waals surface area contributed by atoms with Crippen molar-refractivity contribution < 1.29 is 13.9 Å². The second-order valence-electron chi connectivity index (χ2n) is 4.31. The molecular weight excluding hydrogens is 233 g/mol. The number of carbonyl (C=O) groups excluding carboxylic acids is 1. The van der Waals surface area contributed by atoms with Crippen LogP contribution in [-0.2, 0) is 4.74 Å². The summed E-state index contributed by atoms with van der Waals surface area (Å²) >= 11 is 0. The molecule has 3 nitrogen and oxygen atoms in total. The lowest BCUT2D eigenvalue weighted by Gasteiger charge is -2.29. The van der Waals surface area contributed by atoms with E-state index in [9.17, 15) is 9.18 Å². The number of anilines is 1. The van der Waals surface area contributed by atoms with Gasteiger partial charge in [0.05, 0.1) is 6.61 Å². The van der Waals surface area contributed by atoms with E-state index < -0.39 is 0 Å². The first kappa shape index (κ1) is 12.8. The molecule has 0 fully saturated rings. The number of halogens is 1. The molecule has 0 saturated carbocycles. The maximum absolute atomic E-state index is 13.1. The molecule has 0 amide bonds. The Labute approximate surface area is 106 Å². The number of nitrogens with zero attached hydrogens (tertiary/aromatic N) is 1. The van der Waals surface area contributed by atoms with Crippen molar-refractivity contribution in [1.29, 1.82) is 0 Å². The molecule has 4 heteroatoms. The number of hydrogen-bond acceptors (Lipinski definition) is 3. The van der Waals surface area contributed by atoms with Gasteiger partial charge < -0.3 is 9.64 Å². The minimum atomic E-state index is -0.381. The minimum absolute atomic E-state index is 0.381. The molecule has 0 atom stereocenters. The fourth-order valence-corrected chi connectivity index (χ4v) is 2.15. The molecule has 0 radical (unpaired) electrons. The molecule has 1 aromatic rings. The Hall–Kier alpha value is -1.68. The first-order valence-electron chi connectivity index (χ1n) is 5.91. The van der Waals surface area contributed by atoms with Crippen LogP contribution in [0.4, 0.5) is 10.1 Å². The summed E-state index contributed by atoms with van der Waals surface area (Å²) in [5, 5.41) is 0. The number of benzene rings is 1. The largest absolute Gasteiger partial charge is 0.380 e. The number of carbonyl (C=O) groups is 1. The second kappa shape index (κ2) is 5.78. The fraction of sp³-hybridized carbons (Fsp3) is 0.357. The summed E-state index contributed by atoms with van der Waals surface area (Å²) in [6.07, 6.45) is 3.71. The average Bonchev–Trinajstić information content (AvgIpc) is 2.40. The van der Waals surface area contributed by atoms with Crippen LogP contribution in [0, 0.1) is 5.82 Å².